The number of ether oxygens (including phenoxy) is 1. The molecule has 2 N–H and O–H groups in total. The van der Waals surface area contributed by atoms with E-state index in [9.17, 15) is 5.11 Å². The van der Waals surface area contributed by atoms with Crippen molar-refractivity contribution in [3.63, 3.8) is 0 Å². The number of para-hydroxylation sites is 2. The van der Waals surface area contributed by atoms with E-state index in [2.05, 4.69) is 19.2 Å². The third-order valence-electron chi connectivity index (χ3n) is 4.57. The van der Waals surface area contributed by atoms with Gasteiger partial charge in [0.2, 0.25) is 0 Å². The van der Waals surface area contributed by atoms with Crippen LogP contribution >= 0.6 is 0 Å². The molecule has 1 fully saturated rings. The van der Waals surface area contributed by atoms with Crippen LogP contribution in [-0.4, -0.2) is 24.4 Å². The molecule has 0 spiro atoms. The zero-order valence-corrected chi connectivity index (χ0v) is 12.1. The van der Waals surface area contributed by atoms with Gasteiger partial charge in [-0.15, -0.1) is 0 Å². The van der Waals surface area contributed by atoms with Gasteiger partial charge in [-0.1, -0.05) is 26.0 Å². The summed E-state index contributed by atoms with van der Waals surface area (Å²) < 4.78 is 5.38. The Morgan fingerprint density at radius 3 is 2.68 bits per heavy atom. The number of methoxy groups -OCH3 is 1. The zero-order valence-electron chi connectivity index (χ0n) is 12.1. The largest absolute Gasteiger partial charge is 0.495 e. The first-order valence-corrected chi connectivity index (χ1v) is 7.12. The number of rotatable bonds is 4. The summed E-state index contributed by atoms with van der Waals surface area (Å²) >= 11 is 0. The van der Waals surface area contributed by atoms with Gasteiger partial charge in [-0.3, -0.25) is 0 Å². The molecule has 1 aliphatic carbocycles. The molecule has 3 atom stereocenters. The van der Waals surface area contributed by atoms with Gasteiger partial charge in [0.1, 0.15) is 5.75 Å². The standard InChI is InChI=1S/C16H25NO2/c1-12-8-9-16(11-18,10-13(12)2)17-14-6-4-5-7-15(14)19-3/h4-7,12-13,17-18H,8-11H2,1-3H3. The molecule has 0 heterocycles. The lowest BCUT2D eigenvalue weighted by atomic mass is 9.71. The smallest absolute Gasteiger partial charge is 0.141 e. The van der Waals surface area contributed by atoms with Gasteiger partial charge in [-0.05, 0) is 43.2 Å². The van der Waals surface area contributed by atoms with E-state index in [1.165, 1.54) is 0 Å². The summed E-state index contributed by atoms with van der Waals surface area (Å²) in [6, 6.07) is 7.91. The van der Waals surface area contributed by atoms with E-state index in [0.29, 0.717) is 5.92 Å². The molecule has 0 amide bonds. The summed E-state index contributed by atoms with van der Waals surface area (Å²) in [4.78, 5) is 0. The molecule has 1 saturated carbocycles. The average molecular weight is 263 g/mol. The fourth-order valence-electron chi connectivity index (χ4n) is 3.04. The number of nitrogens with one attached hydrogen (secondary N) is 1. The van der Waals surface area contributed by atoms with Crippen LogP contribution in [0.5, 0.6) is 5.75 Å². The maximum Gasteiger partial charge on any atom is 0.141 e. The Labute approximate surface area is 116 Å². The van der Waals surface area contributed by atoms with E-state index in [1.54, 1.807) is 7.11 Å². The summed E-state index contributed by atoms with van der Waals surface area (Å²) in [7, 11) is 1.68. The highest BCUT2D eigenvalue weighted by molar-refractivity contribution is 5.57. The molecular formula is C16H25NO2. The number of benzene rings is 1. The van der Waals surface area contributed by atoms with Crippen molar-refractivity contribution in [2.75, 3.05) is 19.0 Å². The van der Waals surface area contributed by atoms with Gasteiger partial charge in [-0.25, -0.2) is 0 Å². The number of hydrogen-bond acceptors (Lipinski definition) is 3. The van der Waals surface area contributed by atoms with Gasteiger partial charge in [0.15, 0.2) is 0 Å². The van der Waals surface area contributed by atoms with Gasteiger partial charge >= 0.3 is 0 Å². The Morgan fingerprint density at radius 1 is 1.32 bits per heavy atom. The maximum absolute atomic E-state index is 9.87. The zero-order chi connectivity index (χ0) is 13.9. The number of aliphatic hydroxyl groups is 1. The van der Waals surface area contributed by atoms with Crippen LogP contribution in [0.25, 0.3) is 0 Å². The third kappa shape index (κ3) is 3.03. The summed E-state index contributed by atoms with van der Waals surface area (Å²) in [5, 5.41) is 13.4. The van der Waals surface area contributed by atoms with Crippen LogP contribution in [0.2, 0.25) is 0 Å². The lowest BCUT2D eigenvalue weighted by Gasteiger charge is -2.43. The maximum atomic E-state index is 9.87. The average Bonchev–Trinajstić information content (AvgIpc) is 2.44. The molecule has 0 aromatic heterocycles. The Kier molecular flexibility index (Phi) is 4.35. The predicted octanol–water partition coefficient (Wildman–Crippen LogP) is 3.29. The second-order valence-electron chi connectivity index (χ2n) is 5.96. The molecule has 19 heavy (non-hydrogen) atoms. The van der Waals surface area contributed by atoms with Crippen LogP contribution in [0.1, 0.15) is 33.1 Å². The number of anilines is 1. The second-order valence-corrected chi connectivity index (χ2v) is 5.96. The Balaban J connectivity index is 2.19. The molecule has 3 nitrogen and oxygen atoms in total. The van der Waals surface area contributed by atoms with Crippen LogP contribution in [-0.2, 0) is 0 Å². The van der Waals surface area contributed by atoms with Crippen LogP contribution in [0, 0.1) is 11.8 Å². The van der Waals surface area contributed by atoms with Gasteiger partial charge in [-0.2, -0.15) is 0 Å². The van der Waals surface area contributed by atoms with Crippen molar-refractivity contribution in [1.82, 2.24) is 0 Å². The predicted molar refractivity (Wildman–Crippen MR) is 78.6 cm³/mol. The number of aliphatic hydroxyl groups excluding tert-OH is 1. The fourth-order valence-corrected chi connectivity index (χ4v) is 3.04. The first-order chi connectivity index (χ1) is 9.10. The van der Waals surface area contributed by atoms with Crippen molar-refractivity contribution in [2.24, 2.45) is 11.8 Å². The Morgan fingerprint density at radius 2 is 2.05 bits per heavy atom. The second kappa shape index (κ2) is 5.83. The highest BCUT2D eigenvalue weighted by atomic mass is 16.5. The quantitative estimate of drug-likeness (QED) is 0.876. The molecule has 0 radical (unpaired) electrons. The topological polar surface area (TPSA) is 41.5 Å². The third-order valence-corrected chi connectivity index (χ3v) is 4.57. The van der Waals surface area contributed by atoms with Crippen LogP contribution in [0.15, 0.2) is 24.3 Å². The summed E-state index contributed by atoms with van der Waals surface area (Å²) in [6.45, 7) is 4.75. The molecule has 0 bridgehead atoms. The molecule has 0 aliphatic heterocycles. The minimum Gasteiger partial charge on any atom is -0.495 e. The lowest BCUT2D eigenvalue weighted by molar-refractivity contribution is 0.121. The Hall–Kier alpha value is -1.22. The van der Waals surface area contributed by atoms with Crippen molar-refractivity contribution in [3.8, 4) is 5.75 Å². The number of hydrogen-bond donors (Lipinski definition) is 2. The molecule has 1 aliphatic rings. The minimum atomic E-state index is -0.208. The highest BCUT2D eigenvalue weighted by Crippen LogP contribution is 2.39. The summed E-state index contributed by atoms with van der Waals surface area (Å²) in [5.41, 5.74) is 0.765. The van der Waals surface area contributed by atoms with Gasteiger partial charge in [0.05, 0.1) is 24.9 Å². The van der Waals surface area contributed by atoms with E-state index in [1.807, 2.05) is 24.3 Å². The van der Waals surface area contributed by atoms with Crippen LogP contribution in [0.3, 0.4) is 0 Å². The van der Waals surface area contributed by atoms with E-state index in [-0.39, 0.29) is 12.1 Å². The van der Waals surface area contributed by atoms with Gasteiger partial charge < -0.3 is 15.2 Å². The summed E-state index contributed by atoms with van der Waals surface area (Å²) in [5.74, 6) is 2.20. The van der Waals surface area contributed by atoms with Crippen LogP contribution in [0.4, 0.5) is 5.69 Å². The van der Waals surface area contributed by atoms with Crippen molar-refractivity contribution in [1.29, 1.82) is 0 Å². The molecule has 3 unspecified atom stereocenters. The van der Waals surface area contributed by atoms with Crippen LogP contribution < -0.4 is 10.1 Å². The molecule has 1 aromatic rings. The van der Waals surface area contributed by atoms with E-state index < -0.39 is 0 Å². The van der Waals surface area contributed by atoms with E-state index in [0.717, 1.165) is 36.6 Å². The SMILES string of the molecule is COc1ccccc1NC1(CO)CCC(C)C(C)C1. The molecule has 0 saturated heterocycles. The highest BCUT2D eigenvalue weighted by Gasteiger charge is 2.37. The van der Waals surface area contributed by atoms with Gasteiger partial charge in [0.25, 0.3) is 0 Å². The molecule has 3 heteroatoms. The Bertz CT molecular complexity index is 421. The monoisotopic (exact) mass is 263 g/mol. The molecule has 1 aromatic carbocycles. The lowest BCUT2D eigenvalue weighted by Crippen LogP contribution is -2.47. The van der Waals surface area contributed by atoms with E-state index in [4.69, 9.17) is 4.74 Å². The molecular weight excluding hydrogens is 238 g/mol. The molecule has 106 valence electrons. The first kappa shape index (κ1) is 14.2. The van der Waals surface area contributed by atoms with Crippen molar-refractivity contribution in [3.05, 3.63) is 24.3 Å². The van der Waals surface area contributed by atoms with Gasteiger partial charge in [0, 0.05) is 0 Å². The normalized spacial score (nSPS) is 30.9. The molecule has 2 rings (SSSR count). The van der Waals surface area contributed by atoms with Crippen molar-refractivity contribution < 1.29 is 9.84 Å². The van der Waals surface area contributed by atoms with E-state index >= 15 is 0 Å². The fraction of sp³-hybridized carbons (Fsp3) is 0.625. The summed E-state index contributed by atoms with van der Waals surface area (Å²) in [6.07, 6.45) is 3.17. The first-order valence-electron chi connectivity index (χ1n) is 7.12. The van der Waals surface area contributed by atoms with Crippen molar-refractivity contribution in [2.45, 2.75) is 38.6 Å². The van der Waals surface area contributed by atoms with Crippen molar-refractivity contribution >= 4 is 5.69 Å². The minimum absolute atomic E-state index is 0.169.